The lowest BCUT2D eigenvalue weighted by atomic mass is 9.76. The van der Waals surface area contributed by atoms with Crippen LogP contribution in [-0.2, 0) is 11.2 Å². The van der Waals surface area contributed by atoms with Gasteiger partial charge in [-0.1, -0.05) is 50.8 Å². The maximum Gasteiger partial charge on any atom is 0.243 e. The molecule has 2 saturated heterocycles. The molecule has 3 fully saturated rings. The van der Waals surface area contributed by atoms with Crippen molar-refractivity contribution < 1.29 is 4.79 Å². The summed E-state index contributed by atoms with van der Waals surface area (Å²) in [4.78, 5) is 18.8. The Morgan fingerprint density at radius 1 is 1.18 bits per heavy atom. The first-order valence-electron chi connectivity index (χ1n) is 13.7. The summed E-state index contributed by atoms with van der Waals surface area (Å²) in [5.74, 6) is 1.31. The van der Waals surface area contributed by atoms with E-state index in [0.29, 0.717) is 30.1 Å². The van der Waals surface area contributed by atoms with Crippen molar-refractivity contribution in [2.24, 2.45) is 11.8 Å². The number of carbonyl (C=O) groups is 1. The molecule has 0 bridgehead atoms. The maximum atomic E-state index is 13.7. The number of hydrogen-bond donors (Lipinski definition) is 3. The second-order valence-electron chi connectivity index (χ2n) is 11.8. The monoisotopic (exact) mass is 467 g/mol. The molecule has 0 aromatic heterocycles. The lowest BCUT2D eigenvalue weighted by Crippen LogP contribution is -2.67. The smallest absolute Gasteiger partial charge is 0.243 e. The SMILES string of the molecule is Cc1cccc2c1NC(C(=O)NC1C(C)CC3NCC(CN(C)C)N3C1C1CCCCCC1)C2. The third-order valence-electron chi connectivity index (χ3n) is 8.98. The van der Waals surface area contributed by atoms with Crippen molar-refractivity contribution in [1.29, 1.82) is 0 Å². The van der Waals surface area contributed by atoms with Gasteiger partial charge in [0.05, 0.1) is 6.17 Å². The summed E-state index contributed by atoms with van der Waals surface area (Å²) in [6.45, 7) is 6.62. The van der Waals surface area contributed by atoms with Gasteiger partial charge in [-0.05, 0) is 63.2 Å². The molecule has 6 heteroatoms. The van der Waals surface area contributed by atoms with Crippen molar-refractivity contribution in [1.82, 2.24) is 20.4 Å². The molecule has 1 amide bonds. The summed E-state index contributed by atoms with van der Waals surface area (Å²) in [6.07, 6.45) is 10.3. The van der Waals surface area contributed by atoms with Crippen LogP contribution in [-0.4, -0.2) is 73.2 Å². The average molecular weight is 468 g/mol. The summed E-state index contributed by atoms with van der Waals surface area (Å²) in [5.41, 5.74) is 3.66. The van der Waals surface area contributed by atoms with Crippen LogP contribution in [0, 0.1) is 18.8 Å². The molecular weight excluding hydrogens is 422 g/mol. The quantitative estimate of drug-likeness (QED) is 0.580. The number of rotatable bonds is 5. The molecule has 4 aliphatic rings. The van der Waals surface area contributed by atoms with Gasteiger partial charge in [0.25, 0.3) is 0 Å². The Balaban J connectivity index is 1.38. The van der Waals surface area contributed by atoms with Crippen molar-refractivity contribution in [2.75, 3.05) is 32.5 Å². The number of benzene rings is 1. The van der Waals surface area contributed by atoms with Gasteiger partial charge in [0.1, 0.15) is 6.04 Å². The lowest BCUT2D eigenvalue weighted by Gasteiger charge is -2.51. The molecular formula is C28H45N5O. The van der Waals surface area contributed by atoms with Crippen molar-refractivity contribution >= 4 is 11.6 Å². The van der Waals surface area contributed by atoms with E-state index in [1.54, 1.807) is 0 Å². The number of likely N-dealkylation sites (N-methyl/N-ethyl adjacent to an activating group) is 1. The second-order valence-corrected chi connectivity index (χ2v) is 11.8. The summed E-state index contributed by atoms with van der Waals surface area (Å²) >= 11 is 0. The zero-order valence-corrected chi connectivity index (χ0v) is 21.6. The third-order valence-corrected chi connectivity index (χ3v) is 8.98. The van der Waals surface area contributed by atoms with Crippen LogP contribution in [0.4, 0.5) is 5.69 Å². The van der Waals surface area contributed by atoms with Crippen LogP contribution in [0.5, 0.6) is 0 Å². The highest BCUT2D eigenvalue weighted by atomic mass is 16.2. The maximum absolute atomic E-state index is 13.7. The van der Waals surface area contributed by atoms with Crippen molar-refractivity contribution in [3.63, 3.8) is 0 Å². The number of amides is 1. The van der Waals surface area contributed by atoms with E-state index < -0.39 is 0 Å². The van der Waals surface area contributed by atoms with E-state index in [4.69, 9.17) is 0 Å². The number of aryl methyl sites for hydroxylation is 1. The minimum absolute atomic E-state index is 0.162. The third kappa shape index (κ3) is 4.74. The van der Waals surface area contributed by atoms with Crippen LogP contribution in [0.3, 0.4) is 0 Å². The van der Waals surface area contributed by atoms with Crippen LogP contribution in [0.2, 0.25) is 0 Å². The van der Waals surface area contributed by atoms with Gasteiger partial charge in [-0.15, -0.1) is 0 Å². The van der Waals surface area contributed by atoms with Gasteiger partial charge in [-0.2, -0.15) is 0 Å². The molecule has 1 aliphatic carbocycles. The van der Waals surface area contributed by atoms with E-state index in [-0.39, 0.29) is 18.0 Å². The highest BCUT2D eigenvalue weighted by Crippen LogP contribution is 2.40. The van der Waals surface area contributed by atoms with Gasteiger partial charge in [0.2, 0.25) is 5.91 Å². The molecule has 6 atom stereocenters. The van der Waals surface area contributed by atoms with Gasteiger partial charge >= 0.3 is 0 Å². The molecule has 3 N–H and O–H groups in total. The van der Waals surface area contributed by atoms with Crippen LogP contribution in [0.15, 0.2) is 18.2 Å². The van der Waals surface area contributed by atoms with Crippen LogP contribution < -0.4 is 16.0 Å². The molecule has 5 rings (SSSR count). The van der Waals surface area contributed by atoms with Crippen LogP contribution in [0.1, 0.15) is 63.0 Å². The fraction of sp³-hybridized carbons (Fsp3) is 0.750. The normalized spacial score (nSPS) is 34.4. The molecule has 1 saturated carbocycles. The minimum atomic E-state index is -0.162. The van der Waals surface area contributed by atoms with Crippen molar-refractivity contribution in [3.05, 3.63) is 29.3 Å². The van der Waals surface area contributed by atoms with Gasteiger partial charge in [-0.25, -0.2) is 0 Å². The van der Waals surface area contributed by atoms with Crippen molar-refractivity contribution in [2.45, 2.75) is 95.5 Å². The first-order valence-corrected chi connectivity index (χ1v) is 13.7. The Morgan fingerprint density at radius 2 is 1.94 bits per heavy atom. The summed E-state index contributed by atoms with van der Waals surface area (Å²) in [7, 11) is 4.37. The molecule has 0 spiro atoms. The first kappa shape index (κ1) is 24.1. The van der Waals surface area contributed by atoms with E-state index in [2.05, 4.69) is 71.9 Å². The molecule has 3 heterocycles. The average Bonchev–Trinajstić information content (AvgIpc) is 3.30. The molecule has 3 aliphatic heterocycles. The van der Waals surface area contributed by atoms with E-state index in [1.165, 1.54) is 49.7 Å². The van der Waals surface area contributed by atoms with E-state index in [0.717, 1.165) is 31.6 Å². The Kier molecular flexibility index (Phi) is 7.19. The zero-order valence-electron chi connectivity index (χ0n) is 21.6. The zero-order chi connectivity index (χ0) is 23.8. The number of piperidine rings is 1. The molecule has 1 aromatic rings. The van der Waals surface area contributed by atoms with Crippen LogP contribution in [0.25, 0.3) is 0 Å². The van der Waals surface area contributed by atoms with Gasteiger partial charge < -0.3 is 20.9 Å². The summed E-state index contributed by atoms with van der Waals surface area (Å²) in [6, 6.07) is 7.37. The Hall–Kier alpha value is -1.63. The number of anilines is 1. The van der Waals surface area contributed by atoms with E-state index >= 15 is 0 Å². The van der Waals surface area contributed by atoms with E-state index in [9.17, 15) is 4.79 Å². The van der Waals surface area contributed by atoms with Gasteiger partial charge in [0.15, 0.2) is 0 Å². The molecule has 6 nitrogen and oxygen atoms in total. The molecule has 0 radical (unpaired) electrons. The topological polar surface area (TPSA) is 59.6 Å². The molecule has 1 aromatic carbocycles. The lowest BCUT2D eigenvalue weighted by molar-refractivity contribution is -0.125. The van der Waals surface area contributed by atoms with Crippen LogP contribution >= 0.6 is 0 Å². The Bertz CT molecular complexity index is 864. The molecule has 188 valence electrons. The molecule has 6 unspecified atom stereocenters. The number of nitrogens with zero attached hydrogens (tertiary/aromatic N) is 2. The minimum Gasteiger partial charge on any atom is -0.373 e. The number of fused-ring (bicyclic) bond motifs is 2. The second kappa shape index (κ2) is 10.2. The Morgan fingerprint density at radius 3 is 2.65 bits per heavy atom. The number of carbonyl (C=O) groups excluding carboxylic acids is 1. The Labute approximate surface area is 206 Å². The first-order chi connectivity index (χ1) is 16.4. The number of para-hydroxylation sites is 1. The van der Waals surface area contributed by atoms with Gasteiger partial charge in [0, 0.05) is 43.3 Å². The predicted octanol–water partition coefficient (Wildman–Crippen LogP) is 3.36. The largest absolute Gasteiger partial charge is 0.373 e. The molecule has 34 heavy (non-hydrogen) atoms. The van der Waals surface area contributed by atoms with Gasteiger partial charge in [-0.3, -0.25) is 9.69 Å². The number of hydrogen-bond acceptors (Lipinski definition) is 5. The highest BCUT2D eigenvalue weighted by molar-refractivity contribution is 5.88. The standard InChI is InChI=1S/C28H45N5O/c1-18-10-9-13-21-15-23(30-25(18)21)28(34)31-26-19(2)14-24-29-16-22(17-32(3)4)33(24)27(26)20-11-7-5-6-8-12-20/h9-10,13,19-20,22-24,26-27,29-30H,5-8,11-12,14-17H2,1-4H3,(H,31,34). The predicted molar refractivity (Wildman–Crippen MR) is 139 cm³/mol. The van der Waals surface area contributed by atoms with E-state index in [1.807, 2.05) is 0 Å². The fourth-order valence-electron chi connectivity index (χ4n) is 7.38. The highest BCUT2D eigenvalue weighted by Gasteiger charge is 2.50. The summed E-state index contributed by atoms with van der Waals surface area (Å²) in [5, 5.41) is 11.0. The number of nitrogens with one attached hydrogen (secondary N) is 3. The van der Waals surface area contributed by atoms with Crippen molar-refractivity contribution in [3.8, 4) is 0 Å². The fourth-order valence-corrected chi connectivity index (χ4v) is 7.38. The summed E-state index contributed by atoms with van der Waals surface area (Å²) < 4.78 is 0.